The van der Waals surface area contributed by atoms with Crippen molar-refractivity contribution in [3.63, 3.8) is 0 Å². The van der Waals surface area contributed by atoms with Gasteiger partial charge in [0, 0.05) is 39.1 Å². The molecule has 3 aromatic rings. The van der Waals surface area contributed by atoms with E-state index in [1.54, 1.807) is 23.5 Å². The SMILES string of the molecule is Cc1ccc2c(c1)C(=O)N(CCC(=O)N1CCN(Cc3nc4ccccc4s3)CC1)C2=O. The number of nitrogens with zero attached hydrogens (tertiary/aromatic N) is 4. The number of imide groups is 1. The first-order valence-electron chi connectivity index (χ1n) is 10.8. The van der Waals surface area contributed by atoms with E-state index in [9.17, 15) is 14.4 Å². The minimum absolute atomic E-state index is 0.0163. The molecule has 5 rings (SSSR count). The first-order valence-corrected chi connectivity index (χ1v) is 11.6. The number of carbonyl (C=O) groups is 3. The lowest BCUT2D eigenvalue weighted by molar-refractivity contribution is -0.133. The van der Waals surface area contributed by atoms with E-state index >= 15 is 0 Å². The number of fused-ring (bicyclic) bond motifs is 2. The average molecular weight is 449 g/mol. The molecule has 0 saturated carbocycles. The van der Waals surface area contributed by atoms with Crippen molar-refractivity contribution in [3.05, 3.63) is 64.2 Å². The lowest BCUT2D eigenvalue weighted by Crippen LogP contribution is -2.49. The molecule has 1 fully saturated rings. The molecule has 0 bridgehead atoms. The number of amides is 3. The van der Waals surface area contributed by atoms with Gasteiger partial charge in [-0.05, 0) is 31.2 Å². The van der Waals surface area contributed by atoms with Crippen LogP contribution in [0.1, 0.15) is 37.7 Å². The standard InChI is InChI=1S/C24H24N4O3S/c1-16-6-7-17-18(14-16)24(31)28(23(17)30)9-8-22(29)27-12-10-26(11-13-27)15-21-25-19-4-2-3-5-20(19)32-21/h2-7,14H,8-13,15H2,1H3. The highest BCUT2D eigenvalue weighted by atomic mass is 32.1. The van der Waals surface area contributed by atoms with Crippen molar-refractivity contribution >= 4 is 39.3 Å². The number of aryl methyl sites for hydroxylation is 1. The van der Waals surface area contributed by atoms with Gasteiger partial charge in [0.1, 0.15) is 5.01 Å². The largest absolute Gasteiger partial charge is 0.340 e. The van der Waals surface area contributed by atoms with Crippen LogP contribution in [0, 0.1) is 6.92 Å². The molecule has 7 nitrogen and oxygen atoms in total. The van der Waals surface area contributed by atoms with E-state index in [-0.39, 0.29) is 30.7 Å². The number of piperazine rings is 1. The second-order valence-corrected chi connectivity index (χ2v) is 9.41. The molecule has 0 radical (unpaired) electrons. The zero-order valence-corrected chi connectivity index (χ0v) is 18.7. The summed E-state index contributed by atoms with van der Waals surface area (Å²) in [6.07, 6.45) is 0.155. The maximum atomic E-state index is 12.7. The molecule has 2 aliphatic heterocycles. The Bertz CT molecular complexity index is 1180. The maximum absolute atomic E-state index is 12.7. The summed E-state index contributed by atoms with van der Waals surface area (Å²) >= 11 is 1.71. The fourth-order valence-electron chi connectivity index (χ4n) is 4.31. The van der Waals surface area contributed by atoms with Gasteiger partial charge in [-0.1, -0.05) is 23.8 Å². The molecule has 8 heteroatoms. The van der Waals surface area contributed by atoms with Crippen molar-refractivity contribution in [1.82, 2.24) is 19.7 Å². The van der Waals surface area contributed by atoms with Crippen LogP contribution in [0.5, 0.6) is 0 Å². The van der Waals surface area contributed by atoms with Crippen LogP contribution in [0.3, 0.4) is 0 Å². The summed E-state index contributed by atoms with van der Waals surface area (Å²) < 4.78 is 1.19. The molecular weight excluding hydrogens is 424 g/mol. The van der Waals surface area contributed by atoms with Crippen LogP contribution in [-0.2, 0) is 11.3 Å². The number of carbonyl (C=O) groups excluding carboxylic acids is 3. The molecule has 3 amide bonds. The van der Waals surface area contributed by atoms with E-state index in [1.807, 2.05) is 36.1 Å². The van der Waals surface area contributed by atoms with Crippen molar-refractivity contribution in [3.8, 4) is 0 Å². The predicted octanol–water partition coefficient (Wildman–Crippen LogP) is 2.94. The van der Waals surface area contributed by atoms with Gasteiger partial charge < -0.3 is 4.90 Å². The van der Waals surface area contributed by atoms with Crippen LogP contribution in [-0.4, -0.2) is 70.1 Å². The van der Waals surface area contributed by atoms with Gasteiger partial charge in [-0.3, -0.25) is 24.2 Å². The van der Waals surface area contributed by atoms with E-state index in [0.29, 0.717) is 24.2 Å². The molecule has 3 heterocycles. The van der Waals surface area contributed by atoms with E-state index < -0.39 is 0 Å². The highest BCUT2D eigenvalue weighted by Gasteiger charge is 2.35. The molecule has 0 spiro atoms. The molecule has 1 aromatic heterocycles. The summed E-state index contributed by atoms with van der Waals surface area (Å²) in [6, 6.07) is 13.4. The maximum Gasteiger partial charge on any atom is 0.261 e. The van der Waals surface area contributed by atoms with Gasteiger partial charge in [0.05, 0.1) is 27.9 Å². The molecule has 0 N–H and O–H groups in total. The van der Waals surface area contributed by atoms with E-state index in [1.165, 1.54) is 9.60 Å². The normalized spacial score (nSPS) is 16.8. The van der Waals surface area contributed by atoms with E-state index in [4.69, 9.17) is 4.98 Å². The topological polar surface area (TPSA) is 73.8 Å². The third-order valence-corrected chi connectivity index (χ3v) is 7.12. The average Bonchev–Trinajstić information content (AvgIpc) is 3.30. The Morgan fingerprint density at radius 1 is 1.00 bits per heavy atom. The number of benzene rings is 2. The monoisotopic (exact) mass is 448 g/mol. The number of hydrogen-bond donors (Lipinski definition) is 0. The van der Waals surface area contributed by atoms with Crippen LogP contribution >= 0.6 is 11.3 Å². The third-order valence-electron chi connectivity index (χ3n) is 6.10. The summed E-state index contributed by atoms with van der Waals surface area (Å²) in [5, 5.41) is 1.09. The van der Waals surface area contributed by atoms with E-state index in [2.05, 4.69) is 11.0 Å². The van der Waals surface area contributed by atoms with Gasteiger partial charge >= 0.3 is 0 Å². The highest BCUT2D eigenvalue weighted by Crippen LogP contribution is 2.25. The Morgan fingerprint density at radius 3 is 2.53 bits per heavy atom. The van der Waals surface area contributed by atoms with Crippen molar-refractivity contribution in [1.29, 1.82) is 0 Å². The van der Waals surface area contributed by atoms with E-state index in [0.717, 1.165) is 35.7 Å². The lowest BCUT2D eigenvalue weighted by Gasteiger charge is -2.34. The van der Waals surface area contributed by atoms with Crippen LogP contribution in [0.4, 0.5) is 0 Å². The summed E-state index contributed by atoms with van der Waals surface area (Å²) in [7, 11) is 0. The molecule has 2 aromatic carbocycles. The molecule has 0 atom stereocenters. The first kappa shape index (κ1) is 20.8. The van der Waals surface area contributed by atoms with Gasteiger partial charge in [-0.15, -0.1) is 11.3 Å². The predicted molar refractivity (Wildman–Crippen MR) is 123 cm³/mol. The summed E-state index contributed by atoms with van der Waals surface area (Å²) in [6.45, 7) is 5.66. The molecule has 0 unspecified atom stereocenters. The second-order valence-electron chi connectivity index (χ2n) is 8.29. The quantitative estimate of drug-likeness (QED) is 0.561. The first-order chi connectivity index (χ1) is 15.5. The third kappa shape index (κ3) is 3.91. The molecule has 32 heavy (non-hydrogen) atoms. The van der Waals surface area contributed by atoms with Crippen LogP contribution in [0.15, 0.2) is 42.5 Å². The Balaban J connectivity index is 1.13. The Kier molecular flexibility index (Phi) is 5.48. The fraction of sp³-hybridized carbons (Fsp3) is 0.333. The molecule has 2 aliphatic rings. The van der Waals surface area contributed by atoms with Gasteiger partial charge in [0.15, 0.2) is 0 Å². The Morgan fingerprint density at radius 2 is 1.75 bits per heavy atom. The van der Waals surface area contributed by atoms with Gasteiger partial charge in [0.2, 0.25) is 5.91 Å². The molecule has 1 saturated heterocycles. The van der Waals surface area contributed by atoms with Gasteiger partial charge in [-0.25, -0.2) is 4.98 Å². The Labute approximate surface area is 190 Å². The number of aromatic nitrogens is 1. The summed E-state index contributed by atoms with van der Waals surface area (Å²) in [5.74, 6) is -0.627. The zero-order valence-electron chi connectivity index (χ0n) is 17.9. The zero-order chi connectivity index (χ0) is 22.2. The van der Waals surface area contributed by atoms with Crippen molar-refractivity contribution in [2.24, 2.45) is 0 Å². The lowest BCUT2D eigenvalue weighted by atomic mass is 10.1. The minimum atomic E-state index is -0.307. The van der Waals surface area contributed by atoms with Crippen LogP contribution in [0.25, 0.3) is 10.2 Å². The summed E-state index contributed by atoms with van der Waals surface area (Å²) in [4.78, 5) is 47.9. The van der Waals surface area contributed by atoms with Crippen LogP contribution in [0.2, 0.25) is 0 Å². The van der Waals surface area contributed by atoms with Crippen molar-refractivity contribution in [2.45, 2.75) is 19.9 Å². The van der Waals surface area contributed by atoms with Crippen molar-refractivity contribution < 1.29 is 14.4 Å². The van der Waals surface area contributed by atoms with Gasteiger partial charge in [-0.2, -0.15) is 0 Å². The summed E-state index contributed by atoms with van der Waals surface area (Å²) in [5.41, 5.74) is 2.83. The Hall–Kier alpha value is -3.10. The number of thiazole rings is 1. The number of hydrogen-bond acceptors (Lipinski definition) is 6. The minimum Gasteiger partial charge on any atom is -0.340 e. The molecule has 164 valence electrons. The number of rotatable bonds is 5. The smallest absolute Gasteiger partial charge is 0.261 e. The second kappa shape index (κ2) is 8.44. The molecule has 0 aliphatic carbocycles. The highest BCUT2D eigenvalue weighted by molar-refractivity contribution is 7.18. The van der Waals surface area contributed by atoms with Crippen LogP contribution < -0.4 is 0 Å². The molecular formula is C24H24N4O3S. The number of para-hydroxylation sites is 1. The van der Waals surface area contributed by atoms with Crippen molar-refractivity contribution in [2.75, 3.05) is 32.7 Å². The fourth-order valence-corrected chi connectivity index (χ4v) is 5.32. The van der Waals surface area contributed by atoms with Gasteiger partial charge in [0.25, 0.3) is 11.8 Å².